The summed E-state index contributed by atoms with van der Waals surface area (Å²) in [6.45, 7) is 0.569. The number of halogens is 1. The van der Waals surface area contributed by atoms with Gasteiger partial charge in [0.25, 0.3) is 5.91 Å². The lowest BCUT2D eigenvalue weighted by Gasteiger charge is -2.33. The Balaban J connectivity index is 2.25. The molecule has 6 heteroatoms. The predicted molar refractivity (Wildman–Crippen MR) is 72.6 cm³/mol. The summed E-state index contributed by atoms with van der Waals surface area (Å²) in [5.41, 5.74) is 0.471. The number of aromatic nitrogens is 1. The van der Waals surface area contributed by atoms with Crippen LogP contribution >= 0.6 is 15.9 Å². The van der Waals surface area contributed by atoms with E-state index in [1.54, 1.807) is 23.2 Å². The average Bonchev–Trinajstić information content (AvgIpc) is 2.46. The fraction of sp³-hybridized carbons (Fsp3) is 0.462. The first-order valence-corrected chi connectivity index (χ1v) is 6.93. The molecule has 0 aliphatic carbocycles. The highest BCUT2D eigenvalue weighted by Crippen LogP contribution is 2.23. The lowest BCUT2D eigenvalue weighted by atomic mass is 10.0. The molecule has 1 aliphatic rings. The number of ether oxygens (including phenoxy) is 1. The molecule has 1 amide bonds. The molecule has 0 spiro atoms. The van der Waals surface area contributed by atoms with Gasteiger partial charge in [0, 0.05) is 12.7 Å². The van der Waals surface area contributed by atoms with E-state index in [0.29, 0.717) is 23.1 Å². The number of carbonyl (C=O) groups is 2. The largest absolute Gasteiger partial charge is 0.467 e. The third-order valence-electron chi connectivity index (χ3n) is 3.23. The maximum absolute atomic E-state index is 12.5. The van der Waals surface area contributed by atoms with Crippen LogP contribution in [0.2, 0.25) is 0 Å². The van der Waals surface area contributed by atoms with Crippen molar-refractivity contribution in [1.29, 1.82) is 0 Å². The van der Waals surface area contributed by atoms with Crippen molar-refractivity contribution in [2.24, 2.45) is 0 Å². The first kappa shape index (κ1) is 14.0. The van der Waals surface area contributed by atoms with Crippen molar-refractivity contribution in [2.75, 3.05) is 13.7 Å². The molecule has 19 heavy (non-hydrogen) atoms. The Morgan fingerprint density at radius 3 is 2.95 bits per heavy atom. The number of piperidine rings is 1. The number of carbonyl (C=O) groups excluding carboxylic acids is 2. The molecular formula is C13H15BrN2O3. The van der Waals surface area contributed by atoms with Crippen LogP contribution in [0, 0.1) is 0 Å². The summed E-state index contributed by atoms with van der Waals surface area (Å²) in [7, 11) is 1.35. The average molecular weight is 327 g/mol. The van der Waals surface area contributed by atoms with Gasteiger partial charge in [-0.05, 0) is 47.3 Å². The highest BCUT2D eigenvalue weighted by molar-refractivity contribution is 9.10. The second-order valence-corrected chi connectivity index (χ2v) is 5.13. The summed E-state index contributed by atoms with van der Waals surface area (Å²) in [5.74, 6) is -0.539. The molecule has 1 aromatic heterocycles. The van der Waals surface area contributed by atoms with E-state index in [9.17, 15) is 9.59 Å². The Hall–Kier alpha value is -1.43. The molecule has 1 aliphatic heterocycles. The number of hydrogen-bond acceptors (Lipinski definition) is 4. The maximum atomic E-state index is 12.5. The van der Waals surface area contributed by atoms with Crippen molar-refractivity contribution in [1.82, 2.24) is 9.88 Å². The highest BCUT2D eigenvalue weighted by atomic mass is 79.9. The molecule has 0 bridgehead atoms. The van der Waals surface area contributed by atoms with Gasteiger partial charge in [-0.3, -0.25) is 4.79 Å². The van der Waals surface area contributed by atoms with Crippen molar-refractivity contribution in [2.45, 2.75) is 25.3 Å². The van der Waals surface area contributed by atoms with Crippen molar-refractivity contribution < 1.29 is 14.3 Å². The van der Waals surface area contributed by atoms with Crippen LogP contribution in [-0.4, -0.2) is 41.5 Å². The molecule has 2 heterocycles. The lowest BCUT2D eigenvalue weighted by molar-refractivity contribution is -0.147. The first-order valence-electron chi connectivity index (χ1n) is 6.14. The number of nitrogens with zero attached hydrogens (tertiary/aromatic N) is 2. The second-order valence-electron chi connectivity index (χ2n) is 4.38. The van der Waals surface area contributed by atoms with Crippen molar-refractivity contribution >= 4 is 27.8 Å². The lowest BCUT2D eigenvalue weighted by Crippen LogP contribution is -2.48. The quantitative estimate of drug-likeness (QED) is 0.616. The minimum atomic E-state index is -0.488. The van der Waals surface area contributed by atoms with Gasteiger partial charge in [-0.25, -0.2) is 9.78 Å². The Bertz CT molecular complexity index is 493. The van der Waals surface area contributed by atoms with Gasteiger partial charge in [-0.1, -0.05) is 0 Å². The zero-order valence-electron chi connectivity index (χ0n) is 10.6. The van der Waals surface area contributed by atoms with Crippen LogP contribution in [0.15, 0.2) is 22.9 Å². The minimum absolute atomic E-state index is 0.185. The van der Waals surface area contributed by atoms with Crippen LogP contribution < -0.4 is 0 Å². The Morgan fingerprint density at radius 1 is 1.47 bits per heavy atom. The molecule has 0 saturated carbocycles. The van der Waals surface area contributed by atoms with E-state index in [2.05, 4.69) is 20.9 Å². The van der Waals surface area contributed by atoms with E-state index in [1.807, 2.05) is 0 Å². The summed E-state index contributed by atoms with van der Waals surface area (Å²) in [4.78, 5) is 29.9. The molecule has 2 rings (SSSR count). The van der Waals surface area contributed by atoms with Gasteiger partial charge >= 0.3 is 5.97 Å². The van der Waals surface area contributed by atoms with E-state index in [4.69, 9.17) is 4.74 Å². The number of rotatable bonds is 2. The summed E-state index contributed by atoms with van der Waals surface area (Å²) < 4.78 is 5.27. The van der Waals surface area contributed by atoms with Gasteiger partial charge in [0.1, 0.15) is 10.6 Å². The monoisotopic (exact) mass is 326 g/mol. The summed E-state index contributed by atoms with van der Waals surface area (Å²) in [6, 6.07) is 2.91. The molecule has 102 valence electrons. The third-order valence-corrected chi connectivity index (χ3v) is 3.86. The number of methoxy groups -OCH3 is 1. The fourth-order valence-corrected chi connectivity index (χ4v) is 2.68. The van der Waals surface area contributed by atoms with Gasteiger partial charge < -0.3 is 9.64 Å². The van der Waals surface area contributed by atoms with Gasteiger partial charge in [-0.2, -0.15) is 0 Å². The third kappa shape index (κ3) is 2.94. The maximum Gasteiger partial charge on any atom is 0.328 e. The van der Waals surface area contributed by atoms with E-state index in [-0.39, 0.29) is 11.9 Å². The van der Waals surface area contributed by atoms with Crippen LogP contribution in [0.4, 0.5) is 0 Å². The Morgan fingerprint density at radius 2 is 2.26 bits per heavy atom. The molecule has 5 nitrogen and oxygen atoms in total. The SMILES string of the molecule is COC(=O)[C@H]1CCCCN1C(=O)c1cccnc1Br. The molecule has 0 unspecified atom stereocenters. The highest BCUT2D eigenvalue weighted by Gasteiger charge is 2.33. The molecule has 0 aromatic carbocycles. The molecule has 1 atom stereocenters. The molecule has 0 radical (unpaired) electrons. The first-order chi connectivity index (χ1) is 9.15. The second kappa shape index (κ2) is 6.14. The Kier molecular flexibility index (Phi) is 4.52. The number of pyridine rings is 1. The molecule has 1 saturated heterocycles. The summed E-state index contributed by atoms with van der Waals surface area (Å²) in [6.07, 6.45) is 4.08. The van der Waals surface area contributed by atoms with Crippen LogP contribution in [0.5, 0.6) is 0 Å². The predicted octanol–water partition coefficient (Wildman–Crippen LogP) is 2.01. The smallest absolute Gasteiger partial charge is 0.328 e. The summed E-state index contributed by atoms with van der Waals surface area (Å²) in [5, 5.41) is 0. The van der Waals surface area contributed by atoms with Crippen molar-refractivity contribution in [3.05, 3.63) is 28.5 Å². The zero-order chi connectivity index (χ0) is 13.8. The zero-order valence-corrected chi connectivity index (χ0v) is 12.2. The van der Waals surface area contributed by atoms with Crippen molar-refractivity contribution in [3.8, 4) is 0 Å². The van der Waals surface area contributed by atoms with Crippen molar-refractivity contribution in [3.63, 3.8) is 0 Å². The van der Waals surface area contributed by atoms with E-state index < -0.39 is 6.04 Å². The van der Waals surface area contributed by atoms with Gasteiger partial charge in [-0.15, -0.1) is 0 Å². The number of amides is 1. The topological polar surface area (TPSA) is 59.5 Å². The molecule has 1 fully saturated rings. The van der Waals surface area contributed by atoms with Gasteiger partial charge in [0.15, 0.2) is 0 Å². The molecule has 0 N–H and O–H groups in total. The molecule has 1 aromatic rings. The minimum Gasteiger partial charge on any atom is -0.467 e. The number of esters is 1. The number of likely N-dealkylation sites (tertiary alicyclic amines) is 1. The van der Waals surface area contributed by atoms with Gasteiger partial charge in [0.2, 0.25) is 0 Å². The van der Waals surface area contributed by atoms with E-state index in [0.717, 1.165) is 12.8 Å². The summed E-state index contributed by atoms with van der Waals surface area (Å²) >= 11 is 3.26. The van der Waals surface area contributed by atoms with E-state index in [1.165, 1.54) is 7.11 Å². The number of hydrogen-bond donors (Lipinski definition) is 0. The molecular weight excluding hydrogens is 312 g/mol. The van der Waals surface area contributed by atoms with Crippen LogP contribution in [-0.2, 0) is 9.53 Å². The van der Waals surface area contributed by atoms with Crippen LogP contribution in [0.25, 0.3) is 0 Å². The van der Waals surface area contributed by atoms with Gasteiger partial charge in [0.05, 0.1) is 12.7 Å². The fourth-order valence-electron chi connectivity index (χ4n) is 2.26. The normalized spacial score (nSPS) is 19.1. The standard InChI is InChI=1S/C13H15BrN2O3/c1-19-13(18)10-6-2-3-8-16(10)12(17)9-5-4-7-15-11(9)14/h4-5,7,10H,2-3,6,8H2,1H3/t10-/m1/s1. The van der Waals surface area contributed by atoms with E-state index >= 15 is 0 Å². The van der Waals surface area contributed by atoms with Crippen LogP contribution in [0.1, 0.15) is 29.6 Å². The Labute approximate surface area is 120 Å². The van der Waals surface area contributed by atoms with Crippen LogP contribution in [0.3, 0.4) is 0 Å².